The number of aromatic nitrogens is 2. The number of imide groups is 1. The minimum Gasteiger partial charge on any atom is -0.388 e. The zero-order chi connectivity index (χ0) is 26.5. The Morgan fingerprint density at radius 3 is 2.64 bits per heavy atom. The molecule has 0 radical (unpaired) electrons. The topological polar surface area (TPSA) is 84.3 Å². The van der Waals surface area contributed by atoms with E-state index in [1.807, 2.05) is 24.6 Å². The summed E-state index contributed by atoms with van der Waals surface area (Å²) in [6.45, 7) is 6.07. The van der Waals surface area contributed by atoms with Crippen molar-refractivity contribution in [2.24, 2.45) is 5.41 Å². The SMILES string of the molecule is CC1(CN2CCC(n3cc(Cc4cc[c-]c5c([C-]=O)cccc45)cn3)CC2)CCC1.O=C1[CH-]CCC(=O)N1.[Na+]. The number of fused-ring (bicyclic) bond motifs is 1. The Kier molecular flexibility index (Phi) is 10.0. The predicted octanol–water partition coefficient (Wildman–Crippen LogP) is 1.34. The molecule has 0 bridgehead atoms. The molecule has 3 fully saturated rings. The van der Waals surface area contributed by atoms with E-state index < -0.39 is 0 Å². The second kappa shape index (κ2) is 13.3. The molecular formula is C31H35N4NaO3-2. The molecule has 2 amide bonds. The molecular weight excluding hydrogens is 499 g/mol. The molecule has 1 N–H and O–H groups in total. The molecule has 0 unspecified atom stereocenters. The van der Waals surface area contributed by atoms with E-state index in [2.05, 4.69) is 46.2 Å². The Morgan fingerprint density at radius 1 is 1.21 bits per heavy atom. The maximum Gasteiger partial charge on any atom is 1.00 e. The Morgan fingerprint density at radius 2 is 2.00 bits per heavy atom. The van der Waals surface area contributed by atoms with Gasteiger partial charge in [-0.05, 0) is 43.1 Å². The average molecular weight is 535 g/mol. The van der Waals surface area contributed by atoms with E-state index in [1.54, 1.807) is 6.07 Å². The first-order valence-corrected chi connectivity index (χ1v) is 13.7. The van der Waals surface area contributed by atoms with Crippen LogP contribution in [-0.4, -0.2) is 52.4 Å². The Balaban J connectivity index is 0.000000339. The van der Waals surface area contributed by atoms with Crippen molar-refractivity contribution >= 4 is 28.9 Å². The number of piperidine rings is 2. The first kappa shape index (κ1) is 29.5. The first-order valence-electron chi connectivity index (χ1n) is 13.7. The number of nitrogens with one attached hydrogen (secondary N) is 1. The molecule has 2 aliphatic heterocycles. The van der Waals surface area contributed by atoms with Crippen LogP contribution in [0.2, 0.25) is 0 Å². The van der Waals surface area contributed by atoms with Crippen molar-refractivity contribution in [2.75, 3.05) is 19.6 Å². The third kappa shape index (κ3) is 7.40. The largest absolute Gasteiger partial charge is 1.00 e. The van der Waals surface area contributed by atoms with Crippen LogP contribution in [0.5, 0.6) is 0 Å². The number of likely N-dealkylation sites (tertiary alicyclic amines) is 1. The Labute approximate surface area is 253 Å². The number of amides is 2. The van der Waals surface area contributed by atoms with Crippen LogP contribution in [0.1, 0.15) is 74.6 Å². The second-order valence-electron chi connectivity index (χ2n) is 11.2. The van der Waals surface area contributed by atoms with Gasteiger partial charge >= 0.3 is 29.6 Å². The fraction of sp³-hybridized carbons (Fsp3) is 0.452. The van der Waals surface area contributed by atoms with Gasteiger partial charge in [-0.3, -0.25) is 9.48 Å². The number of nitrogens with zero attached hydrogens (tertiary/aromatic N) is 3. The Hall–Kier alpha value is -2.45. The van der Waals surface area contributed by atoms with Gasteiger partial charge in [-0.2, -0.15) is 23.0 Å². The summed E-state index contributed by atoms with van der Waals surface area (Å²) < 4.78 is 2.18. The van der Waals surface area contributed by atoms with Crippen molar-refractivity contribution in [1.29, 1.82) is 0 Å². The van der Waals surface area contributed by atoms with Gasteiger partial charge in [0.05, 0.1) is 18.1 Å². The summed E-state index contributed by atoms with van der Waals surface area (Å²) in [6, 6.07) is 13.5. The zero-order valence-corrected chi connectivity index (χ0v) is 25.0. The summed E-state index contributed by atoms with van der Waals surface area (Å²) in [4.78, 5) is 34.5. The minimum absolute atomic E-state index is 0. The van der Waals surface area contributed by atoms with Gasteiger partial charge in [-0.15, -0.1) is 23.8 Å². The van der Waals surface area contributed by atoms with E-state index in [9.17, 15) is 14.4 Å². The summed E-state index contributed by atoms with van der Waals surface area (Å²) in [7, 11) is 0. The molecule has 6 rings (SSSR count). The van der Waals surface area contributed by atoms with Gasteiger partial charge in [-0.1, -0.05) is 13.3 Å². The van der Waals surface area contributed by atoms with E-state index >= 15 is 0 Å². The van der Waals surface area contributed by atoms with E-state index in [-0.39, 0.29) is 41.4 Å². The number of hydrogen-bond acceptors (Lipinski definition) is 5. The molecule has 3 aromatic rings. The van der Waals surface area contributed by atoms with E-state index in [1.165, 1.54) is 69.3 Å². The van der Waals surface area contributed by atoms with Gasteiger partial charge in [0.2, 0.25) is 5.91 Å². The monoisotopic (exact) mass is 534 g/mol. The molecule has 0 atom stereocenters. The molecule has 7 nitrogen and oxygen atoms in total. The van der Waals surface area contributed by atoms with Gasteiger partial charge in [0.1, 0.15) is 0 Å². The summed E-state index contributed by atoms with van der Waals surface area (Å²) >= 11 is 0. The molecule has 2 saturated heterocycles. The molecule has 1 aromatic heterocycles. The molecule has 0 spiro atoms. The smallest absolute Gasteiger partial charge is 0.388 e. The maximum absolute atomic E-state index is 11.2. The molecule has 1 aliphatic carbocycles. The number of carbonyl (C=O) groups is 2. The van der Waals surface area contributed by atoms with Gasteiger partial charge in [0.15, 0.2) is 0 Å². The molecule has 2 aromatic carbocycles. The third-order valence-electron chi connectivity index (χ3n) is 8.14. The summed E-state index contributed by atoms with van der Waals surface area (Å²) in [5, 5.41) is 8.78. The van der Waals surface area contributed by atoms with Crippen LogP contribution in [0, 0.1) is 17.9 Å². The van der Waals surface area contributed by atoms with Crippen LogP contribution < -0.4 is 34.9 Å². The van der Waals surface area contributed by atoms with Crippen molar-refractivity contribution < 1.29 is 43.9 Å². The van der Waals surface area contributed by atoms with E-state index in [4.69, 9.17) is 5.10 Å². The summed E-state index contributed by atoms with van der Waals surface area (Å²) in [5.41, 5.74) is 3.56. The predicted molar refractivity (Wildman–Crippen MR) is 146 cm³/mol. The van der Waals surface area contributed by atoms with Crippen molar-refractivity contribution in [3.05, 3.63) is 71.9 Å². The fourth-order valence-electron chi connectivity index (χ4n) is 5.82. The summed E-state index contributed by atoms with van der Waals surface area (Å²) in [5.74, 6) is -0.432. The van der Waals surface area contributed by atoms with Crippen LogP contribution >= 0.6 is 0 Å². The molecule has 1 saturated carbocycles. The van der Waals surface area contributed by atoms with Crippen molar-refractivity contribution in [3.63, 3.8) is 0 Å². The van der Waals surface area contributed by atoms with Crippen molar-refractivity contribution in [2.45, 2.75) is 64.3 Å². The van der Waals surface area contributed by atoms with Crippen LogP contribution in [0.25, 0.3) is 10.8 Å². The van der Waals surface area contributed by atoms with Gasteiger partial charge < -0.3 is 26.2 Å². The molecule has 8 heteroatoms. The van der Waals surface area contributed by atoms with Crippen LogP contribution in [0.3, 0.4) is 0 Å². The molecule has 200 valence electrons. The van der Waals surface area contributed by atoms with Gasteiger partial charge in [0, 0.05) is 38.5 Å². The Bertz CT molecular complexity index is 1290. The summed E-state index contributed by atoms with van der Waals surface area (Å²) in [6.07, 6.45) is 16.1. The van der Waals surface area contributed by atoms with E-state index in [0.29, 0.717) is 29.9 Å². The van der Waals surface area contributed by atoms with Gasteiger partial charge in [0.25, 0.3) is 0 Å². The normalized spacial score (nSPS) is 19.1. The number of rotatable bonds is 6. The van der Waals surface area contributed by atoms with Gasteiger partial charge in [-0.25, -0.2) is 23.1 Å². The first-order chi connectivity index (χ1) is 18.4. The number of carbonyl (C=O) groups excluding carboxylic acids is 3. The standard InChI is InChI=1S/C26H29N3O.C5H6NO2.Na/c1-26(11-4-12-26)19-28-13-9-23(10-14-28)29-17-20(16-27-29)15-21-5-2-8-25-22(18-30)6-3-7-24(21)25;7-4-2-1-3-5(8)6-4;/h2-3,5-7,16-17,23H,4,9-15,19H2,1H3;2H,1,3H2,(H,6,7,8);/q-2;-1;+1. The molecule has 3 heterocycles. The number of benzene rings is 2. The quantitative estimate of drug-likeness (QED) is 0.293. The second-order valence-corrected chi connectivity index (χ2v) is 11.2. The van der Waals surface area contributed by atoms with Crippen LogP contribution in [-0.2, 0) is 20.8 Å². The fourth-order valence-corrected chi connectivity index (χ4v) is 5.82. The van der Waals surface area contributed by atoms with Crippen molar-refractivity contribution in [1.82, 2.24) is 20.0 Å². The van der Waals surface area contributed by atoms with E-state index in [0.717, 1.165) is 17.2 Å². The molecule has 39 heavy (non-hydrogen) atoms. The van der Waals surface area contributed by atoms with Crippen LogP contribution in [0.4, 0.5) is 0 Å². The third-order valence-corrected chi connectivity index (χ3v) is 8.14. The average Bonchev–Trinajstić information content (AvgIpc) is 3.37. The minimum atomic E-state index is -0.263. The molecule has 3 aliphatic rings. The maximum atomic E-state index is 11.2. The number of hydrogen-bond donors (Lipinski definition) is 1. The zero-order valence-electron chi connectivity index (χ0n) is 23.0. The van der Waals surface area contributed by atoms with Crippen LogP contribution in [0.15, 0.2) is 42.7 Å². The van der Waals surface area contributed by atoms with Crippen molar-refractivity contribution in [3.8, 4) is 0 Å².